The lowest BCUT2D eigenvalue weighted by atomic mass is 9.84. The van der Waals surface area contributed by atoms with Crippen LogP contribution in [0.25, 0.3) is 11.3 Å². The molecule has 8 N–H and O–H groups in total. The van der Waals surface area contributed by atoms with E-state index in [-0.39, 0.29) is 102 Å². The zero-order chi connectivity index (χ0) is 67.1. The summed E-state index contributed by atoms with van der Waals surface area (Å²) in [7, 11) is 0. The number of nitrogens with one attached hydrogen (secondary N) is 5. The molecule has 1 aromatic heterocycles. The Morgan fingerprint density at radius 2 is 1.20 bits per heavy atom. The summed E-state index contributed by atoms with van der Waals surface area (Å²) in [4.78, 5) is 108. The average Bonchev–Trinajstić information content (AvgIpc) is 1.58. The Labute approximate surface area is 536 Å². The third-order valence-corrected chi connectivity index (χ3v) is 13.9. The van der Waals surface area contributed by atoms with E-state index < -0.39 is 89.2 Å². The molecule has 27 nitrogen and oxygen atoms in total. The van der Waals surface area contributed by atoms with Crippen LogP contribution in [0.1, 0.15) is 84.2 Å². The number of aliphatic hydroxyl groups is 1. The zero-order valence-corrected chi connectivity index (χ0v) is 53.6. The molecule has 0 saturated heterocycles. The monoisotopic (exact) mass is 1300 g/mol. The van der Waals surface area contributed by atoms with Crippen molar-refractivity contribution in [2.75, 3.05) is 145 Å². The molecule has 0 unspecified atom stereocenters. The number of carbonyl (C=O) groups is 8. The normalized spacial score (nSPS) is 13.3. The second kappa shape index (κ2) is 43.5. The van der Waals surface area contributed by atoms with E-state index in [4.69, 9.17) is 48.6 Å². The van der Waals surface area contributed by atoms with Gasteiger partial charge >= 0.3 is 6.03 Å². The number of rotatable bonds is 49. The molecular weight excluding hydrogens is 1210 g/mol. The van der Waals surface area contributed by atoms with E-state index in [1.54, 1.807) is 24.6 Å². The van der Waals surface area contributed by atoms with E-state index in [2.05, 4.69) is 26.6 Å². The van der Waals surface area contributed by atoms with Gasteiger partial charge in [-0.3, -0.25) is 38.5 Å². The van der Waals surface area contributed by atoms with Crippen LogP contribution in [0.2, 0.25) is 0 Å². The Balaban J connectivity index is 1.08. The van der Waals surface area contributed by atoms with Crippen LogP contribution in [-0.2, 0) is 78.0 Å². The lowest BCUT2D eigenvalue weighted by Gasteiger charge is -2.40. The molecule has 512 valence electrons. The van der Waals surface area contributed by atoms with E-state index in [0.717, 1.165) is 28.7 Å². The summed E-state index contributed by atoms with van der Waals surface area (Å²) in [5.41, 5.74) is 5.46. The van der Waals surface area contributed by atoms with Gasteiger partial charge in [0.1, 0.15) is 36.1 Å². The number of nitrogens with zero attached hydrogens (tertiary/aromatic N) is 4. The van der Waals surface area contributed by atoms with Crippen molar-refractivity contribution in [2.45, 2.75) is 91.4 Å². The maximum Gasteiger partial charge on any atom is 0.312 e. The number of hydrogen-bond donors (Lipinski definition) is 7. The van der Waals surface area contributed by atoms with Gasteiger partial charge in [0.2, 0.25) is 29.5 Å². The van der Waals surface area contributed by atoms with Crippen LogP contribution in [0.3, 0.4) is 0 Å². The Morgan fingerprint density at radius 3 is 1.73 bits per heavy atom. The van der Waals surface area contributed by atoms with Crippen LogP contribution in [0.15, 0.2) is 66.9 Å². The number of imide groups is 1. The van der Waals surface area contributed by atoms with Crippen molar-refractivity contribution in [3.63, 3.8) is 0 Å². The van der Waals surface area contributed by atoms with Gasteiger partial charge in [-0.15, -0.1) is 0 Å². The first-order valence-corrected chi connectivity index (χ1v) is 31.0. The van der Waals surface area contributed by atoms with Crippen LogP contribution in [-0.4, -0.2) is 229 Å². The highest BCUT2D eigenvalue weighted by Crippen LogP contribution is 2.39. The fraction of sp³-hybridized carbons (Fsp3) is 0.603. The molecule has 9 amide bonds. The fourth-order valence-corrected chi connectivity index (χ4v) is 9.30. The predicted octanol–water partition coefficient (Wildman–Crippen LogP) is 2.32. The van der Waals surface area contributed by atoms with Gasteiger partial charge in [0.15, 0.2) is 0 Å². The second-order valence-corrected chi connectivity index (χ2v) is 22.6. The third-order valence-electron chi connectivity index (χ3n) is 13.9. The number of imidazole rings is 1. The number of amides is 9. The lowest BCUT2D eigenvalue weighted by Crippen LogP contribution is -2.55. The van der Waals surface area contributed by atoms with Crippen molar-refractivity contribution in [3.05, 3.63) is 89.9 Å². The Bertz CT molecular complexity index is 2750. The van der Waals surface area contributed by atoms with E-state index in [0.29, 0.717) is 98.3 Å². The Morgan fingerprint density at radius 1 is 0.652 bits per heavy atom. The van der Waals surface area contributed by atoms with Gasteiger partial charge < -0.3 is 84.8 Å². The van der Waals surface area contributed by atoms with Crippen LogP contribution in [0.4, 0.5) is 13.6 Å². The Kier molecular flexibility index (Phi) is 36.4. The molecule has 0 aliphatic carbocycles. The molecule has 0 saturated carbocycles. The number of nitrogens with two attached hydrogens (primary N) is 1. The molecule has 1 aliphatic heterocycles. The van der Waals surface area contributed by atoms with Gasteiger partial charge in [-0.1, -0.05) is 65.0 Å². The fourth-order valence-electron chi connectivity index (χ4n) is 9.30. The topological polar surface area (TPSA) is 341 Å². The minimum Gasteiger partial charge on any atom is -0.387 e. The Hall–Kier alpha value is -7.35. The molecule has 29 heteroatoms. The molecule has 0 radical (unpaired) electrons. The van der Waals surface area contributed by atoms with Crippen molar-refractivity contribution in [3.8, 4) is 11.3 Å². The summed E-state index contributed by atoms with van der Waals surface area (Å²) in [5.74, 6) is -4.79. The summed E-state index contributed by atoms with van der Waals surface area (Å²) in [5, 5.41) is 23.8. The average molecular weight is 1300 g/mol. The zero-order valence-electron chi connectivity index (χ0n) is 53.6. The van der Waals surface area contributed by atoms with Gasteiger partial charge in [-0.2, -0.15) is 0 Å². The number of primary amides is 1. The highest BCUT2D eigenvalue weighted by molar-refractivity contribution is 6.13. The molecule has 4 rings (SSSR count). The van der Waals surface area contributed by atoms with Crippen molar-refractivity contribution < 1.29 is 90.1 Å². The first-order chi connectivity index (χ1) is 44.2. The number of aromatic nitrogens is 2. The van der Waals surface area contributed by atoms with E-state index in [1.165, 1.54) is 17.1 Å². The number of carbonyl (C=O) groups excluding carboxylic acids is 8. The number of urea groups is 1. The lowest BCUT2D eigenvalue weighted by molar-refractivity contribution is -0.140. The summed E-state index contributed by atoms with van der Waals surface area (Å²) >= 11 is 0. The van der Waals surface area contributed by atoms with Gasteiger partial charge in [0, 0.05) is 76.0 Å². The van der Waals surface area contributed by atoms with Crippen LogP contribution >= 0.6 is 0 Å². The minimum atomic E-state index is -1.12. The minimum absolute atomic E-state index is 0.0130. The van der Waals surface area contributed by atoms with Gasteiger partial charge in [0.05, 0.1) is 117 Å². The third kappa shape index (κ3) is 29.9. The summed E-state index contributed by atoms with van der Waals surface area (Å²) < 4.78 is 75.5. The van der Waals surface area contributed by atoms with Crippen LogP contribution < -0.4 is 32.3 Å². The molecule has 1 aliphatic rings. The SMILES string of the molecule is CC(C)[C@H](NC(=O)CCOCCOCCOCCOCCOCCOCCOCCOCCNC(=O)CCN1C(=O)C=CC1=O)C(=O)N[C@@H](CCCNC(N)=O)C(=O)NCCCN(C(=O)CO)[C@@H](c1nc(-c2cc(F)ccc2F)cn1Cc1ccccc1)C(C)(C)C. The number of ether oxygens (including phenoxy) is 8. The first-order valence-electron chi connectivity index (χ1n) is 31.0. The summed E-state index contributed by atoms with van der Waals surface area (Å²) in [6, 6.07) is 8.74. The molecule has 2 heterocycles. The molecule has 2 aromatic carbocycles. The molecule has 3 atom stereocenters. The van der Waals surface area contributed by atoms with Gasteiger partial charge in [-0.05, 0) is 54.4 Å². The van der Waals surface area contributed by atoms with Crippen molar-refractivity contribution in [2.24, 2.45) is 17.1 Å². The molecule has 92 heavy (non-hydrogen) atoms. The van der Waals surface area contributed by atoms with Crippen molar-refractivity contribution in [1.29, 1.82) is 0 Å². The number of hydrogen-bond acceptors (Lipinski definition) is 18. The van der Waals surface area contributed by atoms with E-state index in [1.807, 2.05) is 51.1 Å². The van der Waals surface area contributed by atoms with Crippen molar-refractivity contribution in [1.82, 2.24) is 45.9 Å². The molecule has 0 fully saturated rings. The highest BCUT2D eigenvalue weighted by Gasteiger charge is 2.38. The quantitative estimate of drug-likeness (QED) is 0.0315. The predicted molar refractivity (Wildman–Crippen MR) is 332 cm³/mol. The molecule has 3 aromatic rings. The number of aliphatic hydroxyl groups excluding tert-OH is 1. The smallest absolute Gasteiger partial charge is 0.312 e. The standard InChI is InChI=1S/C63H94F2N10O17/c1-45(2)57(72-53(78)19-25-85-27-29-87-31-33-89-35-37-91-39-40-92-38-36-90-34-32-88-30-28-86-26-22-67-52(77)18-24-74-54(79)16-17-55(74)80)61(83)71-50(13-9-20-69-62(66)84)60(82)68-21-10-23-75(56(81)44-76)58(63(3,4)5)59-70-51(48-41-47(64)14-15-49(48)65)43-73(59)42-46-11-7-6-8-12-46/h6-8,11-12,14-17,41,43,45,50,57-58,76H,9-10,13,18-40,42,44H2,1-5H3,(H,67,77)(H,68,82)(H,71,83)(H,72,78)(H3,66,69,84)/t50-,57-,58-/m0/s1. The summed E-state index contributed by atoms with van der Waals surface area (Å²) in [6.45, 7) is 14.2. The second-order valence-electron chi connectivity index (χ2n) is 22.6. The van der Waals surface area contributed by atoms with E-state index in [9.17, 15) is 47.9 Å². The molecule has 0 bridgehead atoms. The highest BCUT2D eigenvalue weighted by atomic mass is 19.1. The first kappa shape index (κ1) is 77.1. The van der Waals surface area contributed by atoms with Crippen molar-refractivity contribution >= 4 is 47.4 Å². The van der Waals surface area contributed by atoms with Crippen LogP contribution in [0.5, 0.6) is 0 Å². The van der Waals surface area contributed by atoms with Gasteiger partial charge in [-0.25, -0.2) is 18.6 Å². The maximum absolute atomic E-state index is 15.2. The molecule has 0 spiro atoms. The van der Waals surface area contributed by atoms with Gasteiger partial charge in [0.25, 0.3) is 11.8 Å². The number of benzene rings is 2. The number of halogens is 2. The largest absolute Gasteiger partial charge is 0.387 e. The van der Waals surface area contributed by atoms with E-state index >= 15 is 4.39 Å². The van der Waals surface area contributed by atoms with Crippen LogP contribution in [0, 0.1) is 23.0 Å². The summed E-state index contributed by atoms with van der Waals surface area (Å²) in [6.07, 6.45) is 4.42. The maximum atomic E-state index is 15.2. The molecular formula is C63H94F2N10O17.